The van der Waals surface area contributed by atoms with Crippen LogP contribution in [-0.2, 0) is 16.4 Å². The second-order valence-corrected chi connectivity index (χ2v) is 5.63. The number of benzene rings is 1. The largest absolute Gasteiger partial charge is 0.283 e. The molecule has 1 aromatic carbocycles. The van der Waals surface area contributed by atoms with Crippen LogP contribution in [0.1, 0.15) is 5.56 Å². The van der Waals surface area contributed by atoms with E-state index in [9.17, 15) is 8.42 Å². The SMILES string of the molecule is O=S1(=O)CCc2c(Br)cccc2N1. The summed E-state index contributed by atoms with van der Waals surface area (Å²) in [4.78, 5) is 0. The quantitative estimate of drug-likeness (QED) is 0.774. The van der Waals surface area contributed by atoms with Gasteiger partial charge in [0.25, 0.3) is 0 Å². The molecule has 1 heterocycles. The van der Waals surface area contributed by atoms with Crippen LogP contribution >= 0.6 is 15.9 Å². The van der Waals surface area contributed by atoms with Gasteiger partial charge < -0.3 is 0 Å². The number of hydrogen-bond donors (Lipinski definition) is 1. The molecule has 0 aromatic heterocycles. The van der Waals surface area contributed by atoms with Gasteiger partial charge in [0.15, 0.2) is 0 Å². The highest BCUT2D eigenvalue weighted by molar-refractivity contribution is 9.10. The van der Waals surface area contributed by atoms with Crippen LogP contribution in [-0.4, -0.2) is 14.2 Å². The van der Waals surface area contributed by atoms with Gasteiger partial charge in [0, 0.05) is 4.47 Å². The normalized spacial score (nSPS) is 18.8. The first-order valence-electron chi connectivity index (χ1n) is 3.86. The molecule has 0 unspecified atom stereocenters. The minimum absolute atomic E-state index is 0.169. The summed E-state index contributed by atoms with van der Waals surface area (Å²) in [6.45, 7) is 0. The fourth-order valence-electron chi connectivity index (χ4n) is 1.36. The molecule has 0 spiro atoms. The molecule has 1 aromatic rings. The fraction of sp³-hybridized carbons (Fsp3) is 0.250. The number of sulfonamides is 1. The topological polar surface area (TPSA) is 46.2 Å². The van der Waals surface area contributed by atoms with Gasteiger partial charge in [-0.15, -0.1) is 0 Å². The smallest absolute Gasteiger partial charge is 0.233 e. The van der Waals surface area contributed by atoms with Crippen LogP contribution in [0.25, 0.3) is 0 Å². The molecule has 0 radical (unpaired) electrons. The van der Waals surface area contributed by atoms with E-state index in [0.717, 1.165) is 10.0 Å². The first-order chi connectivity index (χ1) is 6.08. The van der Waals surface area contributed by atoms with E-state index in [-0.39, 0.29) is 5.75 Å². The van der Waals surface area contributed by atoms with Crippen LogP contribution in [0, 0.1) is 0 Å². The summed E-state index contributed by atoms with van der Waals surface area (Å²) in [5.41, 5.74) is 1.73. The minimum Gasteiger partial charge on any atom is -0.283 e. The predicted molar refractivity (Wildman–Crippen MR) is 55.3 cm³/mol. The number of nitrogens with one attached hydrogen (secondary N) is 1. The second-order valence-electron chi connectivity index (χ2n) is 2.94. The van der Waals surface area contributed by atoms with E-state index in [1.54, 1.807) is 6.07 Å². The molecule has 3 nitrogen and oxygen atoms in total. The van der Waals surface area contributed by atoms with Gasteiger partial charge in [0.05, 0.1) is 11.4 Å². The summed E-state index contributed by atoms with van der Waals surface area (Å²) in [7, 11) is -3.08. The molecule has 0 saturated carbocycles. The van der Waals surface area contributed by atoms with Gasteiger partial charge in [0.1, 0.15) is 0 Å². The summed E-state index contributed by atoms with van der Waals surface area (Å²) in [5, 5.41) is 0. The Morgan fingerprint density at radius 2 is 2.15 bits per heavy atom. The second kappa shape index (κ2) is 2.99. The highest BCUT2D eigenvalue weighted by Crippen LogP contribution is 2.29. The molecular weight excluding hydrogens is 254 g/mol. The summed E-state index contributed by atoms with van der Waals surface area (Å²) in [5.74, 6) is 0.169. The average Bonchev–Trinajstić information content (AvgIpc) is 2.02. The summed E-state index contributed by atoms with van der Waals surface area (Å²) in [6.07, 6.45) is 0.575. The Labute approximate surface area is 85.3 Å². The van der Waals surface area contributed by atoms with Gasteiger partial charge >= 0.3 is 0 Å². The van der Waals surface area contributed by atoms with Crippen molar-refractivity contribution in [3.05, 3.63) is 28.2 Å². The third-order valence-corrected chi connectivity index (χ3v) is 4.02. The maximum Gasteiger partial charge on any atom is 0.233 e. The lowest BCUT2D eigenvalue weighted by Gasteiger charge is -2.18. The standard InChI is InChI=1S/C8H8BrNO2S/c9-7-2-1-3-8-6(7)4-5-13(11,12)10-8/h1-3,10H,4-5H2. The van der Waals surface area contributed by atoms with Crippen LogP contribution in [0.2, 0.25) is 0 Å². The predicted octanol–water partition coefficient (Wildman–Crippen LogP) is 1.75. The van der Waals surface area contributed by atoms with Gasteiger partial charge in [0.2, 0.25) is 10.0 Å². The Morgan fingerprint density at radius 1 is 1.38 bits per heavy atom. The van der Waals surface area contributed by atoms with Crippen molar-refractivity contribution in [1.29, 1.82) is 0 Å². The van der Waals surface area contributed by atoms with Crippen molar-refractivity contribution in [2.24, 2.45) is 0 Å². The minimum atomic E-state index is -3.08. The van der Waals surface area contributed by atoms with Crippen molar-refractivity contribution in [3.63, 3.8) is 0 Å². The Kier molecular flexibility index (Phi) is 2.08. The maximum atomic E-state index is 11.2. The molecule has 0 atom stereocenters. The monoisotopic (exact) mass is 261 g/mol. The van der Waals surface area contributed by atoms with E-state index in [1.807, 2.05) is 12.1 Å². The van der Waals surface area contributed by atoms with Crippen LogP contribution in [0.15, 0.2) is 22.7 Å². The number of fused-ring (bicyclic) bond motifs is 1. The summed E-state index contributed by atoms with van der Waals surface area (Å²) in [6, 6.07) is 5.51. The van der Waals surface area contributed by atoms with Crippen LogP contribution in [0.5, 0.6) is 0 Å². The van der Waals surface area contributed by atoms with Crippen LogP contribution < -0.4 is 4.72 Å². The number of hydrogen-bond acceptors (Lipinski definition) is 2. The number of halogens is 1. The zero-order chi connectivity index (χ0) is 9.47. The highest BCUT2D eigenvalue weighted by atomic mass is 79.9. The van der Waals surface area contributed by atoms with Gasteiger partial charge in [-0.05, 0) is 24.1 Å². The lowest BCUT2D eigenvalue weighted by Crippen LogP contribution is -2.24. The zero-order valence-corrected chi connectivity index (χ0v) is 9.15. The molecule has 70 valence electrons. The molecule has 0 fully saturated rings. The van der Waals surface area contributed by atoms with Gasteiger partial charge in [-0.25, -0.2) is 8.42 Å². The fourth-order valence-corrected chi connectivity index (χ4v) is 3.03. The lowest BCUT2D eigenvalue weighted by molar-refractivity contribution is 0.599. The van der Waals surface area contributed by atoms with E-state index in [1.165, 1.54) is 0 Å². The van der Waals surface area contributed by atoms with Crippen molar-refractivity contribution < 1.29 is 8.42 Å². The van der Waals surface area contributed by atoms with E-state index in [0.29, 0.717) is 12.1 Å². The molecule has 13 heavy (non-hydrogen) atoms. The molecule has 1 aliphatic heterocycles. The third-order valence-electron chi connectivity index (χ3n) is 2.01. The molecule has 5 heteroatoms. The number of anilines is 1. The van der Waals surface area contributed by atoms with Gasteiger partial charge in [-0.3, -0.25) is 4.72 Å². The van der Waals surface area contributed by atoms with E-state index < -0.39 is 10.0 Å². The van der Waals surface area contributed by atoms with Crippen LogP contribution in [0.4, 0.5) is 5.69 Å². The molecule has 2 rings (SSSR count). The molecule has 1 N–H and O–H groups in total. The lowest BCUT2D eigenvalue weighted by atomic mass is 10.1. The van der Waals surface area contributed by atoms with Gasteiger partial charge in [-0.1, -0.05) is 22.0 Å². The Morgan fingerprint density at radius 3 is 2.92 bits per heavy atom. The first-order valence-corrected chi connectivity index (χ1v) is 6.31. The van der Waals surface area contributed by atoms with Crippen molar-refractivity contribution in [2.75, 3.05) is 10.5 Å². The molecule has 0 aliphatic carbocycles. The van der Waals surface area contributed by atoms with E-state index in [2.05, 4.69) is 20.7 Å². The van der Waals surface area contributed by atoms with Crippen molar-refractivity contribution in [1.82, 2.24) is 0 Å². The summed E-state index contributed by atoms with van der Waals surface area (Å²) >= 11 is 3.38. The number of rotatable bonds is 0. The highest BCUT2D eigenvalue weighted by Gasteiger charge is 2.20. The molecule has 0 saturated heterocycles. The van der Waals surface area contributed by atoms with Crippen molar-refractivity contribution >= 4 is 31.6 Å². The van der Waals surface area contributed by atoms with Crippen molar-refractivity contribution in [2.45, 2.75) is 6.42 Å². The third kappa shape index (κ3) is 1.71. The van der Waals surface area contributed by atoms with E-state index >= 15 is 0 Å². The van der Waals surface area contributed by atoms with Gasteiger partial charge in [-0.2, -0.15) is 0 Å². The molecule has 0 bridgehead atoms. The molecule has 1 aliphatic rings. The van der Waals surface area contributed by atoms with E-state index in [4.69, 9.17) is 0 Å². The Hall–Kier alpha value is -0.550. The Balaban J connectivity index is 2.54. The van der Waals surface area contributed by atoms with Crippen LogP contribution in [0.3, 0.4) is 0 Å². The molecular formula is C8H8BrNO2S. The summed E-state index contributed by atoms with van der Waals surface area (Å²) < 4.78 is 25.9. The molecule has 0 amide bonds. The first kappa shape index (κ1) is 9.02. The zero-order valence-electron chi connectivity index (χ0n) is 6.75. The van der Waals surface area contributed by atoms with Crippen molar-refractivity contribution in [3.8, 4) is 0 Å². The Bertz CT molecular complexity index is 441. The maximum absolute atomic E-state index is 11.2. The average molecular weight is 262 g/mol.